The van der Waals surface area contributed by atoms with Gasteiger partial charge in [-0.3, -0.25) is 4.99 Å². The summed E-state index contributed by atoms with van der Waals surface area (Å²) in [6.07, 6.45) is 0. The maximum absolute atomic E-state index is 5.59. The molecule has 0 aliphatic rings. The SMILES string of the molecule is CN=C(NCCOCCOC)NCCOc1ccccc1. The second kappa shape index (κ2) is 12.0. The summed E-state index contributed by atoms with van der Waals surface area (Å²) in [6.45, 7) is 3.79. The highest BCUT2D eigenvalue weighted by Gasteiger charge is 1.97. The molecular weight excluding hydrogens is 270 g/mol. The number of hydrogen-bond donors (Lipinski definition) is 2. The fourth-order valence-corrected chi connectivity index (χ4v) is 1.56. The van der Waals surface area contributed by atoms with Gasteiger partial charge in [0, 0.05) is 20.7 Å². The monoisotopic (exact) mass is 295 g/mol. The maximum Gasteiger partial charge on any atom is 0.191 e. The van der Waals surface area contributed by atoms with Crippen molar-refractivity contribution in [3.05, 3.63) is 30.3 Å². The van der Waals surface area contributed by atoms with Crippen molar-refractivity contribution in [2.45, 2.75) is 0 Å². The number of benzene rings is 1. The van der Waals surface area contributed by atoms with E-state index in [1.165, 1.54) is 0 Å². The lowest BCUT2D eigenvalue weighted by Gasteiger charge is -2.12. The van der Waals surface area contributed by atoms with Gasteiger partial charge in [0.15, 0.2) is 5.96 Å². The van der Waals surface area contributed by atoms with Gasteiger partial charge in [0.2, 0.25) is 0 Å². The molecule has 0 amide bonds. The van der Waals surface area contributed by atoms with Crippen LogP contribution >= 0.6 is 0 Å². The average molecular weight is 295 g/mol. The minimum atomic E-state index is 0.578. The summed E-state index contributed by atoms with van der Waals surface area (Å²) in [6, 6.07) is 9.74. The summed E-state index contributed by atoms with van der Waals surface area (Å²) in [5.74, 6) is 1.61. The summed E-state index contributed by atoms with van der Waals surface area (Å²) < 4.78 is 15.8. The molecular formula is C15H25N3O3. The largest absolute Gasteiger partial charge is 0.492 e. The van der Waals surface area contributed by atoms with E-state index in [1.807, 2.05) is 30.3 Å². The topological polar surface area (TPSA) is 64.1 Å². The Morgan fingerprint density at radius 3 is 2.38 bits per heavy atom. The van der Waals surface area contributed by atoms with Gasteiger partial charge in [-0.15, -0.1) is 0 Å². The standard InChI is InChI=1S/C15H25N3O3/c1-16-15(17-8-10-20-13-12-19-2)18-9-11-21-14-6-4-3-5-7-14/h3-7H,8-13H2,1-2H3,(H2,16,17,18). The molecule has 0 atom stereocenters. The van der Waals surface area contributed by atoms with Crippen LogP contribution in [-0.4, -0.2) is 59.6 Å². The molecule has 0 heterocycles. The molecule has 21 heavy (non-hydrogen) atoms. The molecule has 0 saturated carbocycles. The predicted octanol–water partition coefficient (Wildman–Crippen LogP) is 0.893. The van der Waals surface area contributed by atoms with Crippen LogP contribution in [0.25, 0.3) is 0 Å². The van der Waals surface area contributed by atoms with E-state index in [9.17, 15) is 0 Å². The van der Waals surface area contributed by atoms with Gasteiger partial charge in [-0.05, 0) is 12.1 Å². The molecule has 0 radical (unpaired) electrons. The Balaban J connectivity index is 2.03. The van der Waals surface area contributed by atoms with E-state index < -0.39 is 0 Å². The second-order valence-corrected chi connectivity index (χ2v) is 4.19. The van der Waals surface area contributed by atoms with E-state index in [2.05, 4.69) is 15.6 Å². The zero-order chi connectivity index (χ0) is 15.2. The van der Waals surface area contributed by atoms with Gasteiger partial charge in [-0.25, -0.2) is 0 Å². The van der Waals surface area contributed by atoms with E-state index >= 15 is 0 Å². The van der Waals surface area contributed by atoms with Crippen molar-refractivity contribution < 1.29 is 14.2 Å². The van der Waals surface area contributed by atoms with Crippen LogP contribution in [0, 0.1) is 0 Å². The van der Waals surface area contributed by atoms with Gasteiger partial charge < -0.3 is 24.8 Å². The fourth-order valence-electron chi connectivity index (χ4n) is 1.56. The Bertz CT molecular complexity index is 385. The lowest BCUT2D eigenvalue weighted by atomic mass is 10.3. The van der Waals surface area contributed by atoms with Crippen LogP contribution in [0.1, 0.15) is 0 Å². The smallest absolute Gasteiger partial charge is 0.191 e. The van der Waals surface area contributed by atoms with Gasteiger partial charge in [-0.1, -0.05) is 18.2 Å². The molecule has 6 heteroatoms. The quantitative estimate of drug-likeness (QED) is 0.381. The molecule has 118 valence electrons. The highest BCUT2D eigenvalue weighted by Crippen LogP contribution is 2.07. The molecule has 0 spiro atoms. The molecule has 1 rings (SSSR count). The van der Waals surface area contributed by atoms with Gasteiger partial charge in [0.25, 0.3) is 0 Å². The number of nitrogens with one attached hydrogen (secondary N) is 2. The molecule has 0 unspecified atom stereocenters. The molecule has 1 aromatic carbocycles. The summed E-state index contributed by atoms with van der Waals surface area (Å²) in [7, 11) is 3.39. The van der Waals surface area contributed by atoms with Crippen molar-refractivity contribution in [1.82, 2.24) is 10.6 Å². The van der Waals surface area contributed by atoms with Gasteiger partial charge in [-0.2, -0.15) is 0 Å². The fraction of sp³-hybridized carbons (Fsp3) is 0.533. The van der Waals surface area contributed by atoms with Crippen molar-refractivity contribution in [3.8, 4) is 5.75 Å². The Morgan fingerprint density at radius 1 is 1.00 bits per heavy atom. The van der Waals surface area contributed by atoms with Gasteiger partial charge in [0.1, 0.15) is 12.4 Å². The first-order valence-electron chi connectivity index (χ1n) is 7.06. The number of methoxy groups -OCH3 is 1. The zero-order valence-corrected chi connectivity index (χ0v) is 12.8. The Labute approximate surface area is 126 Å². The number of ether oxygens (including phenoxy) is 3. The third kappa shape index (κ3) is 8.88. The van der Waals surface area contributed by atoms with E-state index in [0.29, 0.717) is 39.5 Å². The first-order valence-corrected chi connectivity index (χ1v) is 7.06. The lowest BCUT2D eigenvalue weighted by molar-refractivity contribution is 0.0733. The van der Waals surface area contributed by atoms with Crippen molar-refractivity contribution in [2.24, 2.45) is 4.99 Å². The van der Waals surface area contributed by atoms with Crippen molar-refractivity contribution in [1.29, 1.82) is 0 Å². The molecule has 0 fully saturated rings. The molecule has 1 aromatic rings. The van der Waals surface area contributed by atoms with E-state index in [-0.39, 0.29) is 0 Å². The van der Waals surface area contributed by atoms with E-state index in [4.69, 9.17) is 14.2 Å². The second-order valence-electron chi connectivity index (χ2n) is 4.19. The molecule has 2 N–H and O–H groups in total. The predicted molar refractivity (Wildman–Crippen MR) is 84.0 cm³/mol. The third-order valence-corrected chi connectivity index (χ3v) is 2.60. The Kier molecular flexibility index (Phi) is 9.86. The van der Waals surface area contributed by atoms with Crippen LogP contribution in [0.15, 0.2) is 35.3 Å². The van der Waals surface area contributed by atoms with E-state index in [0.717, 1.165) is 11.7 Å². The maximum atomic E-state index is 5.59. The summed E-state index contributed by atoms with van der Waals surface area (Å²) in [4.78, 5) is 4.13. The highest BCUT2D eigenvalue weighted by molar-refractivity contribution is 5.79. The summed E-state index contributed by atoms with van der Waals surface area (Å²) >= 11 is 0. The zero-order valence-electron chi connectivity index (χ0n) is 12.8. The van der Waals surface area contributed by atoms with Gasteiger partial charge >= 0.3 is 0 Å². The number of guanidine groups is 1. The van der Waals surface area contributed by atoms with Crippen LogP contribution in [-0.2, 0) is 9.47 Å². The molecule has 0 aliphatic heterocycles. The first kappa shape index (κ1) is 17.3. The van der Waals surface area contributed by atoms with Crippen LogP contribution in [0.4, 0.5) is 0 Å². The minimum Gasteiger partial charge on any atom is -0.492 e. The third-order valence-electron chi connectivity index (χ3n) is 2.60. The van der Waals surface area contributed by atoms with E-state index in [1.54, 1.807) is 14.2 Å². The van der Waals surface area contributed by atoms with Gasteiger partial charge in [0.05, 0.1) is 26.4 Å². The molecule has 6 nitrogen and oxygen atoms in total. The van der Waals surface area contributed by atoms with Crippen LogP contribution in [0.3, 0.4) is 0 Å². The van der Waals surface area contributed by atoms with Crippen molar-refractivity contribution in [3.63, 3.8) is 0 Å². The van der Waals surface area contributed by atoms with Crippen LogP contribution < -0.4 is 15.4 Å². The summed E-state index contributed by atoms with van der Waals surface area (Å²) in [5.41, 5.74) is 0. The average Bonchev–Trinajstić information content (AvgIpc) is 2.53. The number of nitrogens with zero attached hydrogens (tertiary/aromatic N) is 1. The molecule has 0 aliphatic carbocycles. The molecule has 0 saturated heterocycles. The minimum absolute atomic E-state index is 0.578. The van der Waals surface area contributed by atoms with Crippen molar-refractivity contribution in [2.75, 3.05) is 53.7 Å². The normalized spacial score (nSPS) is 11.2. The van der Waals surface area contributed by atoms with Crippen LogP contribution in [0.2, 0.25) is 0 Å². The number of hydrogen-bond acceptors (Lipinski definition) is 4. The Morgan fingerprint density at radius 2 is 1.71 bits per heavy atom. The van der Waals surface area contributed by atoms with Crippen LogP contribution in [0.5, 0.6) is 5.75 Å². The number of para-hydroxylation sites is 1. The number of rotatable bonds is 10. The molecule has 0 aromatic heterocycles. The molecule has 0 bridgehead atoms. The van der Waals surface area contributed by atoms with Crippen molar-refractivity contribution >= 4 is 5.96 Å². The Hall–Kier alpha value is -1.79. The lowest BCUT2D eigenvalue weighted by Crippen LogP contribution is -2.40. The summed E-state index contributed by atoms with van der Waals surface area (Å²) in [5, 5.41) is 6.34. The first-order chi connectivity index (χ1) is 10.4. The number of aliphatic imine (C=N–C) groups is 1. The highest BCUT2D eigenvalue weighted by atomic mass is 16.5.